The normalized spacial score (nSPS) is 14.2. The summed E-state index contributed by atoms with van der Waals surface area (Å²) in [5.41, 5.74) is 1.62. The molecular weight excluding hydrogens is 319 g/mol. The van der Waals surface area contributed by atoms with E-state index in [1.54, 1.807) is 4.90 Å². The Kier molecular flexibility index (Phi) is 4.46. The van der Waals surface area contributed by atoms with Crippen molar-refractivity contribution in [3.63, 3.8) is 0 Å². The average Bonchev–Trinajstić information content (AvgIpc) is 2.59. The molecule has 1 heterocycles. The van der Waals surface area contributed by atoms with Crippen LogP contribution in [0.2, 0.25) is 0 Å². The van der Waals surface area contributed by atoms with E-state index in [1.807, 2.05) is 18.2 Å². The predicted octanol–water partition coefficient (Wildman–Crippen LogP) is 3.67. The Morgan fingerprint density at radius 3 is 2.38 bits per heavy atom. The molecule has 1 amide bonds. The van der Waals surface area contributed by atoms with E-state index < -0.39 is 11.7 Å². The molecule has 0 saturated carbocycles. The first kappa shape index (κ1) is 16.4. The van der Waals surface area contributed by atoms with Gasteiger partial charge in [-0.05, 0) is 41.8 Å². The lowest BCUT2D eigenvalue weighted by atomic mass is 10.00. The molecule has 0 aromatic heterocycles. The smallest absolute Gasteiger partial charge is 0.416 e. The molecule has 0 unspecified atom stereocenters. The fourth-order valence-electron chi connectivity index (χ4n) is 2.69. The molecule has 6 heteroatoms. The van der Waals surface area contributed by atoms with Crippen LogP contribution in [0.4, 0.5) is 13.2 Å². The number of hydrogen-bond donors (Lipinski definition) is 0. The topological polar surface area (TPSA) is 29.5 Å². The first-order chi connectivity index (χ1) is 11.4. The fraction of sp³-hybridized carbons (Fsp3) is 0.278. The highest BCUT2D eigenvalue weighted by Gasteiger charge is 2.30. The zero-order valence-electron chi connectivity index (χ0n) is 12.8. The number of alkyl halides is 3. The lowest BCUT2D eigenvalue weighted by Gasteiger charge is -2.28. The number of halogens is 3. The molecule has 3 rings (SSSR count). The molecule has 126 valence electrons. The number of benzene rings is 2. The minimum atomic E-state index is -4.38. The van der Waals surface area contributed by atoms with Crippen molar-refractivity contribution in [2.24, 2.45) is 0 Å². The zero-order chi connectivity index (χ0) is 17.2. The molecule has 2 aromatic rings. The van der Waals surface area contributed by atoms with Crippen LogP contribution in [-0.4, -0.2) is 24.0 Å². The van der Waals surface area contributed by atoms with Crippen molar-refractivity contribution in [2.45, 2.75) is 19.1 Å². The number of fused-ring (bicyclic) bond motifs is 1. The Hall–Kier alpha value is -2.50. The van der Waals surface area contributed by atoms with Gasteiger partial charge >= 0.3 is 6.18 Å². The van der Waals surface area contributed by atoms with E-state index >= 15 is 0 Å². The summed E-state index contributed by atoms with van der Waals surface area (Å²) in [6.45, 7) is 0.963. The van der Waals surface area contributed by atoms with Gasteiger partial charge in [0.1, 0.15) is 5.75 Å². The SMILES string of the molecule is O=C(COc1ccc(C(F)(F)F)cc1)N1CCc2ccccc2C1. The average molecular weight is 335 g/mol. The predicted molar refractivity (Wildman–Crippen MR) is 82.5 cm³/mol. The molecule has 0 spiro atoms. The second-order valence-corrected chi connectivity index (χ2v) is 5.64. The van der Waals surface area contributed by atoms with Crippen LogP contribution in [0.25, 0.3) is 0 Å². The largest absolute Gasteiger partial charge is 0.484 e. The van der Waals surface area contributed by atoms with Gasteiger partial charge in [0.05, 0.1) is 5.56 Å². The van der Waals surface area contributed by atoms with E-state index in [0.29, 0.717) is 13.1 Å². The molecule has 3 nitrogen and oxygen atoms in total. The standard InChI is InChI=1S/C18H16F3NO2/c19-18(20,21)15-5-7-16(8-6-15)24-12-17(23)22-10-9-13-3-1-2-4-14(13)11-22/h1-8H,9-12H2. The van der Waals surface area contributed by atoms with Gasteiger partial charge in [0.25, 0.3) is 5.91 Å². The maximum absolute atomic E-state index is 12.5. The van der Waals surface area contributed by atoms with Gasteiger partial charge in [-0.3, -0.25) is 4.79 Å². The van der Waals surface area contributed by atoms with Gasteiger partial charge in [-0.15, -0.1) is 0 Å². The zero-order valence-corrected chi connectivity index (χ0v) is 12.8. The number of ether oxygens (including phenoxy) is 1. The highest BCUT2D eigenvalue weighted by Crippen LogP contribution is 2.30. The second kappa shape index (κ2) is 6.55. The molecular formula is C18H16F3NO2. The van der Waals surface area contributed by atoms with Crippen molar-refractivity contribution in [2.75, 3.05) is 13.2 Å². The van der Waals surface area contributed by atoms with E-state index in [0.717, 1.165) is 24.1 Å². The van der Waals surface area contributed by atoms with E-state index in [-0.39, 0.29) is 18.3 Å². The summed E-state index contributed by atoms with van der Waals surface area (Å²) in [6, 6.07) is 12.3. The van der Waals surface area contributed by atoms with Crippen molar-refractivity contribution in [1.29, 1.82) is 0 Å². The summed E-state index contributed by atoms with van der Waals surface area (Å²) in [5.74, 6) is 0.0677. The number of hydrogen-bond acceptors (Lipinski definition) is 2. The third-order valence-corrected chi connectivity index (χ3v) is 4.03. The lowest BCUT2D eigenvalue weighted by Crippen LogP contribution is -2.38. The molecule has 0 saturated heterocycles. The van der Waals surface area contributed by atoms with Gasteiger partial charge in [0.15, 0.2) is 6.61 Å². The van der Waals surface area contributed by atoms with Crippen LogP contribution in [0, 0.1) is 0 Å². The Bertz CT molecular complexity index is 726. The molecule has 1 aliphatic rings. The maximum Gasteiger partial charge on any atom is 0.416 e. The fourth-order valence-corrected chi connectivity index (χ4v) is 2.69. The molecule has 1 aliphatic heterocycles. The highest BCUT2D eigenvalue weighted by atomic mass is 19.4. The number of rotatable bonds is 3. The Morgan fingerprint density at radius 1 is 1.04 bits per heavy atom. The third-order valence-electron chi connectivity index (χ3n) is 4.03. The summed E-state index contributed by atoms with van der Waals surface area (Å²) >= 11 is 0. The van der Waals surface area contributed by atoms with Gasteiger partial charge in [-0.25, -0.2) is 0 Å². The molecule has 0 radical (unpaired) electrons. The number of amides is 1. The molecule has 24 heavy (non-hydrogen) atoms. The number of carbonyl (C=O) groups excluding carboxylic acids is 1. The molecule has 0 fully saturated rings. The number of nitrogens with zero attached hydrogens (tertiary/aromatic N) is 1. The van der Waals surface area contributed by atoms with E-state index in [1.165, 1.54) is 17.7 Å². The molecule has 2 aromatic carbocycles. The van der Waals surface area contributed by atoms with Crippen LogP contribution in [0.1, 0.15) is 16.7 Å². The minimum absolute atomic E-state index is 0.176. The van der Waals surface area contributed by atoms with Crippen LogP contribution in [0.15, 0.2) is 48.5 Å². The van der Waals surface area contributed by atoms with Crippen LogP contribution in [0.5, 0.6) is 5.75 Å². The maximum atomic E-state index is 12.5. The second-order valence-electron chi connectivity index (χ2n) is 5.64. The van der Waals surface area contributed by atoms with Crippen molar-refractivity contribution < 1.29 is 22.7 Å². The van der Waals surface area contributed by atoms with Crippen LogP contribution in [0.3, 0.4) is 0 Å². The summed E-state index contributed by atoms with van der Waals surface area (Å²) in [7, 11) is 0. The summed E-state index contributed by atoms with van der Waals surface area (Å²) in [4.78, 5) is 13.9. The summed E-state index contributed by atoms with van der Waals surface area (Å²) < 4.78 is 42.8. The van der Waals surface area contributed by atoms with Crippen LogP contribution < -0.4 is 4.74 Å². The highest BCUT2D eigenvalue weighted by molar-refractivity contribution is 5.78. The summed E-state index contributed by atoms with van der Waals surface area (Å²) in [6.07, 6.45) is -3.59. The first-order valence-electron chi connectivity index (χ1n) is 7.58. The number of carbonyl (C=O) groups is 1. The molecule has 0 atom stereocenters. The quantitative estimate of drug-likeness (QED) is 0.856. The van der Waals surface area contributed by atoms with Crippen LogP contribution in [-0.2, 0) is 23.9 Å². The van der Waals surface area contributed by atoms with Gasteiger partial charge < -0.3 is 9.64 Å². The molecule has 0 aliphatic carbocycles. The minimum Gasteiger partial charge on any atom is -0.484 e. The molecule has 0 bridgehead atoms. The van der Waals surface area contributed by atoms with E-state index in [4.69, 9.17) is 4.74 Å². The monoisotopic (exact) mass is 335 g/mol. The van der Waals surface area contributed by atoms with Gasteiger partial charge in [-0.2, -0.15) is 13.2 Å². The van der Waals surface area contributed by atoms with Crippen molar-refractivity contribution in [1.82, 2.24) is 4.90 Å². The summed E-state index contributed by atoms with van der Waals surface area (Å²) in [5, 5.41) is 0. The van der Waals surface area contributed by atoms with Crippen molar-refractivity contribution in [3.8, 4) is 5.75 Å². The van der Waals surface area contributed by atoms with Crippen LogP contribution >= 0.6 is 0 Å². The van der Waals surface area contributed by atoms with Gasteiger partial charge in [0.2, 0.25) is 0 Å². The van der Waals surface area contributed by atoms with Gasteiger partial charge in [0, 0.05) is 13.1 Å². The third kappa shape index (κ3) is 3.69. The lowest BCUT2D eigenvalue weighted by molar-refractivity contribution is -0.138. The van der Waals surface area contributed by atoms with Gasteiger partial charge in [-0.1, -0.05) is 24.3 Å². The molecule has 0 N–H and O–H groups in total. The van der Waals surface area contributed by atoms with E-state index in [9.17, 15) is 18.0 Å². The Balaban J connectivity index is 1.56. The van der Waals surface area contributed by atoms with Crippen molar-refractivity contribution in [3.05, 3.63) is 65.2 Å². The first-order valence-corrected chi connectivity index (χ1v) is 7.58. The Morgan fingerprint density at radius 2 is 1.71 bits per heavy atom. The Labute approximate surface area is 137 Å². The van der Waals surface area contributed by atoms with Crippen molar-refractivity contribution >= 4 is 5.91 Å². The van der Waals surface area contributed by atoms with E-state index in [2.05, 4.69) is 6.07 Å².